The second-order valence-corrected chi connectivity index (χ2v) is 8.87. The first-order valence-corrected chi connectivity index (χ1v) is 11.1. The maximum absolute atomic E-state index is 13.5. The third-order valence-electron chi connectivity index (χ3n) is 5.99. The smallest absolute Gasteiger partial charge is 0.417 e. The molecule has 3 unspecified atom stereocenters. The molecule has 166 valence electrons. The number of ether oxygens (including phenoxy) is 1. The molecular weight excluding hydrogens is 441 g/mol. The minimum Gasteiger partial charge on any atom is -0.472 e. The monoisotopic (exact) mass is 460 g/mol. The number of hydrogen-bond acceptors (Lipinski definition) is 6. The lowest BCUT2D eigenvalue weighted by Crippen LogP contribution is -2.59. The van der Waals surface area contributed by atoms with Gasteiger partial charge in [-0.1, -0.05) is 0 Å². The summed E-state index contributed by atoms with van der Waals surface area (Å²) in [5, 5.41) is 2.51. The summed E-state index contributed by atoms with van der Waals surface area (Å²) in [5.74, 6) is 0.267. The van der Waals surface area contributed by atoms with Crippen LogP contribution in [0.2, 0.25) is 0 Å². The average Bonchev–Trinajstić information content (AvgIpc) is 3.33. The highest BCUT2D eigenvalue weighted by atomic mass is 32.1. The van der Waals surface area contributed by atoms with E-state index in [1.54, 1.807) is 24.5 Å². The van der Waals surface area contributed by atoms with Crippen LogP contribution in [0.15, 0.2) is 48.2 Å². The molecule has 0 spiro atoms. The Bertz CT molecular complexity index is 1110. The van der Waals surface area contributed by atoms with Crippen LogP contribution in [0.1, 0.15) is 35.2 Å². The fourth-order valence-electron chi connectivity index (χ4n) is 4.51. The number of aromatic nitrogens is 3. The minimum absolute atomic E-state index is 0.132. The van der Waals surface area contributed by atoms with Crippen molar-refractivity contribution in [1.82, 2.24) is 19.9 Å². The van der Waals surface area contributed by atoms with E-state index < -0.39 is 11.7 Å². The number of halogens is 3. The van der Waals surface area contributed by atoms with Gasteiger partial charge in [-0.15, -0.1) is 11.3 Å². The van der Waals surface area contributed by atoms with Crippen LogP contribution < -0.4 is 4.74 Å². The Morgan fingerprint density at radius 2 is 2.00 bits per heavy atom. The minimum atomic E-state index is -4.45. The fraction of sp³-hybridized carbons (Fsp3) is 0.364. The van der Waals surface area contributed by atoms with Gasteiger partial charge in [-0.3, -0.25) is 9.78 Å². The first kappa shape index (κ1) is 20.9. The Balaban J connectivity index is 1.37. The molecule has 32 heavy (non-hydrogen) atoms. The van der Waals surface area contributed by atoms with Crippen LogP contribution in [0.25, 0.3) is 10.7 Å². The van der Waals surface area contributed by atoms with Crippen LogP contribution in [-0.2, 0) is 6.18 Å². The van der Waals surface area contributed by atoms with Crippen molar-refractivity contribution in [2.24, 2.45) is 5.92 Å². The van der Waals surface area contributed by atoms with E-state index in [4.69, 9.17) is 4.74 Å². The van der Waals surface area contributed by atoms with E-state index in [9.17, 15) is 18.0 Å². The number of hydrogen-bond donors (Lipinski definition) is 0. The quantitative estimate of drug-likeness (QED) is 0.565. The Morgan fingerprint density at radius 1 is 1.12 bits per heavy atom. The molecule has 1 aliphatic carbocycles. The molecule has 1 amide bonds. The highest BCUT2D eigenvalue weighted by Gasteiger charge is 2.45. The number of fused-ring (bicyclic) bond motifs is 3. The van der Waals surface area contributed by atoms with Crippen molar-refractivity contribution in [2.45, 2.75) is 37.6 Å². The SMILES string of the molecule is O=C(c1cccnc1-c1nccs1)N1CC2CCC1C(Oc1ccc(C(F)(F)F)cn1)C2. The zero-order valence-electron chi connectivity index (χ0n) is 16.8. The highest BCUT2D eigenvalue weighted by Crippen LogP contribution is 2.39. The number of thiazole rings is 1. The number of pyridine rings is 2. The molecule has 2 saturated heterocycles. The van der Waals surface area contributed by atoms with Gasteiger partial charge in [-0.05, 0) is 43.4 Å². The molecule has 3 aromatic heterocycles. The molecule has 1 saturated carbocycles. The van der Waals surface area contributed by atoms with Crippen molar-refractivity contribution in [1.29, 1.82) is 0 Å². The molecule has 6 nitrogen and oxygen atoms in total. The maximum Gasteiger partial charge on any atom is 0.417 e. The third-order valence-corrected chi connectivity index (χ3v) is 6.77. The van der Waals surface area contributed by atoms with E-state index in [1.165, 1.54) is 17.4 Å². The molecule has 2 aliphatic heterocycles. The van der Waals surface area contributed by atoms with Gasteiger partial charge in [0.15, 0.2) is 0 Å². The third kappa shape index (κ3) is 3.94. The fourth-order valence-corrected chi connectivity index (χ4v) is 5.15. The molecule has 3 atom stereocenters. The van der Waals surface area contributed by atoms with Crippen molar-refractivity contribution in [3.63, 3.8) is 0 Å². The standard InChI is InChI=1S/C22H19F3N4O2S/c23-22(24,25)14-4-6-18(28-11-14)31-17-10-13-3-5-16(17)29(12-13)21(30)15-2-1-7-26-19(15)20-27-8-9-32-20/h1-2,4,6-9,11,13,16-17H,3,5,10,12H2. The summed E-state index contributed by atoms with van der Waals surface area (Å²) in [7, 11) is 0. The van der Waals surface area contributed by atoms with Gasteiger partial charge in [-0.25, -0.2) is 9.97 Å². The van der Waals surface area contributed by atoms with Gasteiger partial charge in [0.05, 0.1) is 17.2 Å². The van der Waals surface area contributed by atoms with Gasteiger partial charge in [0, 0.05) is 36.6 Å². The van der Waals surface area contributed by atoms with Crippen molar-refractivity contribution in [2.75, 3.05) is 6.54 Å². The van der Waals surface area contributed by atoms with Gasteiger partial charge in [-0.2, -0.15) is 13.2 Å². The molecule has 3 aromatic rings. The Kier molecular flexibility index (Phi) is 5.32. The van der Waals surface area contributed by atoms with Crippen molar-refractivity contribution >= 4 is 17.2 Å². The predicted octanol–water partition coefficient (Wildman–Crippen LogP) is 4.69. The first-order valence-electron chi connectivity index (χ1n) is 10.3. The van der Waals surface area contributed by atoms with Gasteiger partial charge >= 0.3 is 6.18 Å². The molecule has 10 heteroatoms. The number of carbonyl (C=O) groups is 1. The van der Waals surface area contributed by atoms with E-state index in [0.29, 0.717) is 22.8 Å². The van der Waals surface area contributed by atoms with E-state index in [1.807, 2.05) is 10.3 Å². The van der Waals surface area contributed by atoms with E-state index >= 15 is 0 Å². The summed E-state index contributed by atoms with van der Waals surface area (Å²) < 4.78 is 44.4. The number of rotatable bonds is 4. The number of amides is 1. The zero-order valence-corrected chi connectivity index (χ0v) is 17.6. The van der Waals surface area contributed by atoms with Gasteiger partial charge in [0.2, 0.25) is 5.88 Å². The second-order valence-electron chi connectivity index (χ2n) is 7.98. The Hall–Kier alpha value is -3.01. The van der Waals surface area contributed by atoms with E-state index in [2.05, 4.69) is 15.0 Å². The lowest BCUT2D eigenvalue weighted by molar-refractivity contribution is -0.137. The second kappa shape index (κ2) is 8.16. The average molecular weight is 460 g/mol. The lowest BCUT2D eigenvalue weighted by Gasteiger charge is -2.49. The van der Waals surface area contributed by atoms with Crippen molar-refractivity contribution in [3.8, 4) is 16.6 Å². The molecular formula is C22H19F3N4O2S. The molecule has 0 radical (unpaired) electrons. The largest absolute Gasteiger partial charge is 0.472 e. The Morgan fingerprint density at radius 3 is 2.69 bits per heavy atom. The summed E-state index contributed by atoms with van der Waals surface area (Å²) in [6.07, 6.45) is 1.81. The lowest BCUT2D eigenvalue weighted by atomic mass is 9.77. The van der Waals surface area contributed by atoms with Crippen LogP contribution >= 0.6 is 11.3 Å². The molecule has 3 fully saturated rings. The molecule has 5 heterocycles. The molecule has 0 aromatic carbocycles. The number of carbonyl (C=O) groups excluding carboxylic acids is 1. The van der Waals surface area contributed by atoms with Crippen LogP contribution in [0.3, 0.4) is 0 Å². The number of alkyl halides is 3. The maximum atomic E-state index is 13.5. The normalized spacial score (nSPS) is 22.7. The van der Waals surface area contributed by atoms with Crippen molar-refractivity contribution < 1.29 is 22.7 Å². The van der Waals surface area contributed by atoms with Gasteiger partial charge < -0.3 is 9.64 Å². The summed E-state index contributed by atoms with van der Waals surface area (Å²) in [4.78, 5) is 27.9. The summed E-state index contributed by atoms with van der Waals surface area (Å²) in [6, 6.07) is 5.50. The number of piperidine rings is 2. The van der Waals surface area contributed by atoms with Crippen LogP contribution in [0.4, 0.5) is 13.2 Å². The molecule has 2 bridgehead atoms. The topological polar surface area (TPSA) is 68.2 Å². The predicted molar refractivity (Wildman–Crippen MR) is 111 cm³/mol. The first-order chi connectivity index (χ1) is 15.4. The number of nitrogens with zero attached hydrogens (tertiary/aromatic N) is 4. The molecule has 6 rings (SSSR count). The summed E-state index contributed by atoms with van der Waals surface area (Å²) in [6.45, 7) is 0.621. The molecule has 3 aliphatic rings. The van der Waals surface area contributed by atoms with E-state index in [-0.39, 0.29) is 29.9 Å². The Labute approximate surface area is 186 Å². The highest BCUT2D eigenvalue weighted by molar-refractivity contribution is 7.13. The van der Waals surface area contributed by atoms with Crippen LogP contribution in [0.5, 0.6) is 5.88 Å². The van der Waals surface area contributed by atoms with Crippen LogP contribution in [-0.4, -0.2) is 44.4 Å². The van der Waals surface area contributed by atoms with Crippen molar-refractivity contribution in [3.05, 3.63) is 59.4 Å². The van der Waals surface area contributed by atoms with Gasteiger partial charge in [0.1, 0.15) is 16.8 Å². The molecule has 0 N–H and O–H groups in total. The van der Waals surface area contributed by atoms with Crippen LogP contribution in [0, 0.1) is 5.92 Å². The summed E-state index contributed by atoms with van der Waals surface area (Å²) in [5.41, 5.74) is 0.218. The zero-order chi connectivity index (χ0) is 22.3. The van der Waals surface area contributed by atoms with Gasteiger partial charge in [0.25, 0.3) is 5.91 Å². The summed E-state index contributed by atoms with van der Waals surface area (Å²) >= 11 is 1.42. The van der Waals surface area contributed by atoms with E-state index in [0.717, 1.165) is 31.5 Å².